The first kappa shape index (κ1) is 15.8. The molecule has 119 valence electrons. The summed E-state index contributed by atoms with van der Waals surface area (Å²) in [6, 6.07) is 21.7. The Balaban J connectivity index is 1.72. The standard InChI is InChI=1S/C21H19NOP/c1-16-15-23-21(22-16)19-13-8-14-20(19)24(17-9-4-2-5-10-17)18-11-6-3-7-12-18/h2-14,16H,15H2,1H3/t16-/m0/s1. The summed E-state index contributed by atoms with van der Waals surface area (Å²) >= 11 is 0. The van der Waals surface area contributed by atoms with Gasteiger partial charge < -0.3 is 4.74 Å². The Bertz CT molecular complexity index is 661. The van der Waals surface area contributed by atoms with E-state index in [-0.39, 0.29) is 6.04 Å². The van der Waals surface area contributed by atoms with Gasteiger partial charge in [-0.25, -0.2) is 4.99 Å². The van der Waals surface area contributed by atoms with Crippen LogP contribution in [0.4, 0.5) is 0 Å². The van der Waals surface area contributed by atoms with Crippen molar-refractivity contribution < 1.29 is 4.74 Å². The molecule has 24 heavy (non-hydrogen) atoms. The Morgan fingerprint density at radius 1 is 0.917 bits per heavy atom. The maximum atomic E-state index is 5.83. The molecule has 0 spiro atoms. The van der Waals surface area contributed by atoms with Crippen molar-refractivity contribution in [3.05, 3.63) is 91.5 Å². The molecule has 4 rings (SSSR count). The molecule has 0 amide bonds. The molecule has 0 bridgehead atoms. The van der Waals surface area contributed by atoms with Gasteiger partial charge in [-0.2, -0.15) is 0 Å². The van der Waals surface area contributed by atoms with Gasteiger partial charge in [-0.15, -0.1) is 0 Å². The minimum atomic E-state index is -0.621. The number of ether oxygens (including phenoxy) is 1. The molecule has 1 heterocycles. The fourth-order valence-electron chi connectivity index (χ4n) is 2.99. The number of rotatable bonds is 4. The number of hydrogen-bond acceptors (Lipinski definition) is 2. The Labute approximate surface area is 145 Å². The molecule has 1 aliphatic carbocycles. The second kappa shape index (κ2) is 7.07. The van der Waals surface area contributed by atoms with Gasteiger partial charge in [-0.1, -0.05) is 60.7 Å². The highest BCUT2D eigenvalue weighted by atomic mass is 31.1. The van der Waals surface area contributed by atoms with E-state index in [1.165, 1.54) is 16.3 Å². The smallest absolute Gasteiger partial charge is 0.192 e. The summed E-state index contributed by atoms with van der Waals surface area (Å²) in [6.07, 6.45) is 6.46. The zero-order valence-corrected chi connectivity index (χ0v) is 14.5. The van der Waals surface area contributed by atoms with E-state index in [4.69, 9.17) is 4.74 Å². The highest BCUT2D eigenvalue weighted by Crippen LogP contribution is 2.56. The van der Waals surface area contributed by atoms with Crippen LogP contribution in [-0.2, 0) is 4.74 Å². The van der Waals surface area contributed by atoms with Gasteiger partial charge in [0.15, 0.2) is 5.90 Å². The van der Waals surface area contributed by atoms with Crippen molar-refractivity contribution in [2.75, 3.05) is 6.61 Å². The fraction of sp³-hybridized carbons (Fsp3) is 0.143. The van der Waals surface area contributed by atoms with Crippen LogP contribution >= 0.6 is 7.92 Å². The van der Waals surface area contributed by atoms with Crippen LogP contribution in [0.15, 0.2) is 65.7 Å². The van der Waals surface area contributed by atoms with E-state index in [9.17, 15) is 0 Å². The minimum absolute atomic E-state index is 0.238. The molecule has 2 aromatic rings. The molecule has 2 aromatic carbocycles. The Morgan fingerprint density at radius 3 is 2.08 bits per heavy atom. The van der Waals surface area contributed by atoms with Crippen LogP contribution in [0, 0.1) is 30.8 Å². The van der Waals surface area contributed by atoms with E-state index in [0.29, 0.717) is 6.61 Å². The van der Waals surface area contributed by atoms with Crippen LogP contribution < -0.4 is 10.6 Å². The van der Waals surface area contributed by atoms with E-state index >= 15 is 0 Å². The first-order valence-electron chi connectivity index (χ1n) is 8.20. The van der Waals surface area contributed by atoms with Crippen molar-refractivity contribution in [2.45, 2.75) is 13.0 Å². The maximum Gasteiger partial charge on any atom is 0.192 e. The maximum absolute atomic E-state index is 5.83. The van der Waals surface area contributed by atoms with Gasteiger partial charge in [0, 0.05) is 5.66 Å². The average Bonchev–Trinajstić information content (AvgIpc) is 3.26. The molecule has 0 aromatic heterocycles. The summed E-state index contributed by atoms with van der Waals surface area (Å²) in [7, 11) is -0.621. The largest absolute Gasteiger partial charge is 0.478 e. The van der Waals surface area contributed by atoms with Crippen LogP contribution in [0.2, 0.25) is 0 Å². The number of benzene rings is 2. The SMILES string of the molecule is C[C@H]1COC([C]2[CH][CH][CH][C]2P(c2ccccc2)c2ccccc2)=N1. The van der Waals surface area contributed by atoms with Gasteiger partial charge in [0.2, 0.25) is 0 Å². The highest BCUT2D eigenvalue weighted by molar-refractivity contribution is 7.76. The lowest BCUT2D eigenvalue weighted by atomic mass is 10.1. The number of aliphatic imine (C=N–C) groups is 1. The summed E-state index contributed by atoms with van der Waals surface area (Å²) in [5, 5.41) is 2.69. The quantitative estimate of drug-likeness (QED) is 0.783. The third-order valence-electron chi connectivity index (χ3n) is 4.09. The zero-order chi connectivity index (χ0) is 16.4. The van der Waals surface area contributed by atoms with Crippen molar-refractivity contribution in [3.8, 4) is 0 Å². The van der Waals surface area contributed by atoms with Crippen LogP contribution in [0.1, 0.15) is 6.92 Å². The van der Waals surface area contributed by atoms with Crippen LogP contribution in [0.25, 0.3) is 0 Å². The second-order valence-electron chi connectivity index (χ2n) is 5.93. The van der Waals surface area contributed by atoms with Gasteiger partial charge in [-0.05, 0) is 44.7 Å². The predicted molar refractivity (Wildman–Crippen MR) is 101 cm³/mol. The lowest BCUT2D eigenvalue weighted by Crippen LogP contribution is -2.23. The molecule has 1 atom stereocenters. The molecule has 1 saturated carbocycles. The Hall–Kier alpha value is -1.66. The molecule has 5 radical (unpaired) electrons. The van der Waals surface area contributed by atoms with Gasteiger partial charge in [-0.3, -0.25) is 0 Å². The van der Waals surface area contributed by atoms with E-state index in [1.807, 2.05) is 0 Å². The first-order valence-corrected chi connectivity index (χ1v) is 9.54. The predicted octanol–water partition coefficient (Wildman–Crippen LogP) is 3.67. The second-order valence-corrected chi connectivity index (χ2v) is 8.11. The van der Waals surface area contributed by atoms with Crippen LogP contribution in [-0.4, -0.2) is 18.5 Å². The van der Waals surface area contributed by atoms with Gasteiger partial charge in [0.1, 0.15) is 6.61 Å². The topological polar surface area (TPSA) is 21.6 Å². The molecule has 1 aliphatic heterocycles. The molecular formula is C21H19NOP. The molecule has 0 unspecified atom stereocenters. The van der Waals surface area contributed by atoms with E-state index < -0.39 is 7.92 Å². The van der Waals surface area contributed by atoms with Gasteiger partial charge >= 0.3 is 0 Å². The average molecular weight is 332 g/mol. The first-order chi connectivity index (χ1) is 11.8. The van der Waals surface area contributed by atoms with Crippen molar-refractivity contribution >= 4 is 24.4 Å². The van der Waals surface area contributed by atoms with Gasteiger partial charge in [0.05, 0.1) is 12.0 Å². The Morgan fingerprint density at radius 2 is 1.54 bits per heavy atom. The van der Waals surface area contributed by atoms with Crippen LogP contribution in [0.3, 0.4) is 0 Å². The third-order valence-corrected chi connectivity index (χ3v) is 6.59. The van der Waals surface area contributed by atoms with Crippen molar-refractivity contribution in [2.24, 2.45) is 4.99 Å². The lowest BCUT2D eigenvalue weighted by molar-refractivity contribution is 0.321. The Kier molecular flexibility index (Phi) is 4.67. The summed E-state index contributed by atoms with van der Waals surface area (Å²) in [5.41, 5.74) is 1.32. The number of nitrogens with zero attached hydrogens (tertiary/aromatic N) is 1. The van der Waals surface area contributed by atoms with E-state index in [2.05, 4.69) is 91.8 Å². The monoisotopic (exact) mass is 332 g/mol. The molecular weight excluding hydrogens is 313 g/mol. The highest BCUT2D eigenvalue weighted by Gasteiger charge is 2.42. The minimum Gasteiger partial charge on any atom is -0.478 e. The molecule has 2 aliphatic rings. The molecule has 0 N–H and O–H groups in total. The van der Waals surface area contributed by atoms with Crippen LogP contribution in [0.5, 0.6) is 0 Å². The molecule has 1 fully saturated rings. The van der Waals surface area contributed by atoms with Crippen molar-refractivity contribution in [1.29, 1.82) is 0 Å². The molecule has 3 heteroatoms. The molecule has 0 saturated heterocycles. The summed E-state index contributed by atoms with van der Waals surface area (Å²) in [5.74, 6) is 1.93. The van der Waals surface area contributed by atoms with E-state index in [0.717, 1.165) is 11.8 Å². The van der Waals surface area contributed by atoms with Gasteiger partial charge in [0.25, 0.3) is 0 Å². The van der Waals surface area contributed by atoms with Crippen molar-refractivity contribution in [1.82, 2.24) is 0 Å². The number of hydrogen-bond donors (Lipinski definition) is 0. The van der Waals surface area contributed by atoms with Crippen molar-refractivity contribution in [3.63, 3.8) is 0 Å². The fourth-order valence-corrected chi connectivity index (χ4v) is 5.43. The lowest BCUT2D eigenvalue weighted by Gasteiger charge is -2.28. The third kappa shape index (κ3) is 3.13. The summed E-state index contributed by atoms with van der Waals surface area (Å²) in [4.78, 5) is 4.67. The zero-order valence-electron chi connectivity index (χ0n) is 13.6. The summed E-state index contributed by atoms with van der Waals surface area (Å²) < 4.78 is 5.83. The normalized spacial score (nSPS) is 21.9. The molecule has 2 nitrogen and oxygen atoms in total. The van der Waals surface area contributed by atoms with E-state index in [1.54, 1.807) is 0 Å². The summed E-state index contributed by atoms with van der Waals surface area (Å²) in [6.45, 7) is 2.77.